The molecule has 0 N–H and O–H groups in total. The van der Waals surface area contributed by atoms with Crippen LogP contribution in [0.2, 0.25) is 0 Å². The second-order valence-electron chi connectivity index (χ2n) is 3.77. The zero-order valence-corrected chi connectivity index (χ0v) is 10.7. The summed E-state index contributed by atoms with van der Waals surface area (Å²) in [6.07, 6.45) is 0.437. The molecule has 0 radical (unpaired) electrons. The normalized spacial score (nSPS) is 10.3. The van der Waals surface area contributed by atoms with Gasteiger partial charge in [-0.3, -0.25) is 14.9 Å². The van der Waals surface area contributed by atoms with E-state index in [1.165, 1.54) is 12.1 Å². The summed E-state index contributed by atoms with van der Waals surface area (Å²) in [7, 11) is 0. The number of carbonyl (C=O) groups excluding carboxylic acids is 1. The number of nitro benzene ring substituents is 1. The monoisotopic (exact) mass is 295 g/mol. The minimum absolute atomic E-state index is 0.00181. The second kappa shape index (κ2) is 5.79. The zero-order valence-electron chi connectivity index (χ0n) is 9.88. The van der Waals surface area contributed by atoms with E-state index >= 15 is 0 Å². The molecule has 0 unspecified atom stereocenters. The van der Waals surface area contributed by atoms with E-state index in [-0.39, 0.29) is 16.1 Å². The highest BCUT2D eigenvalue weighted by Crippen LogP contribution is 2.33. The van der Waals surface area contributed by atoms with Gasteiger partial charge in [0.15, 0.2) is 6.29 Å². The van der Waals surface area contributed by atoms with Crippen molar-refractivity contribution in [3.05, 3.63) is 63.7 Å². The lowest BCUT2D eigenvalue weighted by Crippen LogP contribution is -1.92. The molecule has 0 aliphatic rings. The predicted octanol–water partition coefficient (Wildman–Crippen LogP) is 3.84. The first-order chi connectivity index (χ1) is 9.51. The largest absolute Gasteiger partial charge is 0.298 e. The third-order valence-electron chi connectivity index (χ3n) is 2.44. The van der Waals surface area contributed by atoms with E-state index in [0.717, 1.165) is 36.0 Å². The molecule has 0 spiro atoms. The van der Waals surface area contributed by atoms with Gasteiger partial charge < -0.3 is 0 Å². The van der Waals surface area contributed by atoms with Crippen LogP contribution in [0.5, 0.6) is 0 Å². The van der Waals surface area contributed by atoms with E-state index in [0.29, 0.717) is 11.2 Å². The lowest BCUT2D eigenvalue weighted by atomic mass is 10.2. The van der Waals surface area contributed by atoms with Crippen molar-refractivity contribution in [3.63, 3.8) is 0 Å². The Morgan fingerprint density at radius 2 is 1.85 bits per heavy atom. The van der Waals surface area contributed by atoms with Gasteiger partial charge in [0, 0.05) is 22.6 Å². The predicted molar refractivity (Wildman–Crippen MR) is 69.0 cm³/mol. The zero-order chi connectivity index (χ0) is 14.7. The fraction of sp³-hybridized carbons (Fsp3) is 0. The minimum atomic E-state index is -0.635. The number of rotatable bonds is 4. The highest BCUT2D eigenvalue weighted by atomic mass is 32.2. The molecule has 0 atom stereocenters. The summed E-state index contributed by atoms with van der Waals surface area (Å²) in [5.74, 6) is -1.24. The van der Waals surface area contributed by atoms with Crippen LogP contribution in [0.15, 0.2) is 46.2 Å². The molecule has 0 heterocycles. The molecule has 2 aromatic carbocycles. The highest BCUT2D eigenvalue weighted by molar-refractivity contribution is 7.99. The maximum absolute atomic E-state index is 13.5. The molecule has 20 heavy (non-hydrogen) atoms. The van der Waals surface area contributed by atoms with Crippen molar-refractivity contribution in [3.8, 4) is 0 Å². The Kier molecular flexibility index (Phi) is 4.09. The number of carbonyl (C=O) groups is 1. The molecular weight excluding hydrogens is 288 g/mol. The third-order valence-corrected chi connectivity index (χ3v) is 3.57. The first-order valence-electron chi connectivity index (χ1n) is 5.38. The fourth-order valence-corrected chi connectivity index (χ4v) is 2.44. The van der Waals surface area contributed by atoms with E-state index < -0.39 is 16.6 Å². The van der Waals surface area contributed by atoms with Crippen molar-refractivity contribution < 1.29 is 18.5 Å². The summed E-state index contributed by atoms with van der Waals surface area (Å²) in [4.78, 5) is 21.2. The number of halogens is 2. The van der Waals surface area contributed by atoms with Gasteiger partial charge in [0.2, 0.25) is 0 Å². The van der Waals surface area contributed by atoms with Crippen molar-refractivity contribution in [2.24, 2.45) is 0 Å². The van der Waals surface area contributed by atoms with Crippen LogP contribution in [0.4, 0.5) is 14.5 Å². The van der Waals surface area contributed by atoms with Gasteiger partial charge in [0.1, 0.15) is 11.6 Å². The number of benzene rings is 2. The quantitative estimate of drug-likeness (QED) is 0.488. The molecule has 7 heteroatoms. The number of non-ortho nitro benzene ring substituents is 1. The Bertz CT molecular complexity index is 691. The topological polar surface area (TPSA) is 60.2 Å². The van der Waals surface area contributed by atoms with Crippen LogP contribution in [-0.2, 0) is 0 Å². The van der Waals surface area contributed by atoms with Crippen molar-refractivity contribution >= 4 is 23.7 Å². The standard InChI is InChI=1S/C13H7F2NO3S/c14-9-1-3-11(15)13(6-9)20-12-4-2-10(16(18)19)5-8(12)7-17/h1-7H. The molecular formula is C13H7F2NO3S. The fourth-order valence-electron chi connectivity index (χ4n) is 1.51. The summed E-state index contributed by atoms with van der Waals surface area (Å²) < 4.78 is 26.6. The van der Waals surface area contributed by atoms with Crippen LogP contribution in [0, 0.1) is 21.7 Å². The van der Waals surface area contributed by atoms with E-state index in [4.69, 9.17) is 0 Å². The van der Waals surface area contributed by atoms with Gasteiger partial charge in [-0.15, -0.1) is 0 Å². The SMILES string of the molecule is O=Cc1cc([N+](=O)[O-])ccc1Sc1cc(F)ccc1F. The molecule has 0 saturated carbocycles. The van der Waals surface area contributed by atoms with Crippen LogP contribution in [-0.4, -0.2) is 11.2 Å². The number of nitro groups is 1. The van der Waals surface area contributed by atoms with Gasteiger partial charge in [-0.05, 0) is 24.3 Å². The van der Waals surface area contributed by atoms with Crippen LogP contribution in [0.1, 0.15) is 10.4 Å². The lowest BCUT2D eigenvalue weighted by Gasteiger charge is -2.06. The number of hydrogen-bond donors (Lipinski definition) is 0. The molecule has 0 fully saturated rings. The molecule has 0 aromatic heterocycles. The molecule has 2 aromatic rings. The molecule has 0 aliphatic carbocycles. The lowest BCUT2D eigenvalue weighted by molar-refractivity contribution is -0.384. The smallest absolute Gasteiger partial charge is 0.270 e. The van der Waals surface area contributed by atoms with Gasteiger partial charge in [0.05, 0.1) is 9.82 Å². The average molecular weight is 295 g/mol. The second-order valence-corrected chi connectivity index (χ2v) is 4.86. The number of nitrogens with zero attached hydrogens (tertiary/aromatic N) is 1. The Hall–Kier alpha value is -2.28. The van der Waals surface area contributed by atoms with Gasteiger partial charge in [-0.1, -0.05) is 11.8 Å². The third kappa shape index (κ3) is 3.00. The van der Waals surface area contributed by atoms with Crippen molar-refractivity contribution in [2.75, 3.05) is 0 Å². The molecule has 0 bridgehead atoms. The van der Waals surface area contributed by atoms with Crippen LogP contribution in [0.25, 0.3) is 0 Å². The number of hydrogen-bond acceptors (Lipinski definition) is 4. The van der Waals surface area contributed by atoms with Crippen LogP contribution < -0.4 is 0 Å². The maximum atomic E-state index is 13.5. The van der Waals surface area contributed by atoms with Gasteiger partial charge >= 0.3 is 0 Å². The summed E-state index contributed by atoms with van der Waals surface area (Å²) >= 11 is 0.831. The highest BCUT2D eigenvalue weighted by Gasteiger charge is 2.13. The van der Waals surface area contributed by atoms with Gasteiger partial charge in [-0.25, -0.2) is 8.78 Å². The summed E-state index contributed by atoms with van der Waals surface area (Å²) in [6.45, 7) is 0. The summed E-state index contributed by atoms with van der Waals surface area (Å²) in [5.41, 5.74) is -0.191. The molecule has 102 valence electrons. The molecule has 0 aliphatic heterocycles. The van der Waals surface area contributed by atoms with Crippen LogP contribution >= 0.6 is 11.8 Å². The Morgan fingerprint density at radius 1 is 1.10 bits per heavy atom. The van der Waals surface area contributed by atoms with Crippen LogP contribution in [0.3, 0.4) is 0 Å². The van der Waals surface area contributed by atoms with E-state index in [9.17, 15) is 23.7 Å². The van der Waals surface area contributed by atoms with Crippen molar-refractivity contribution in [2.45, 2.75) is 9.79 Å². The van der Waals surface area contributed by atoms with E-state index in [1.807, 2.05) is 0 Å². The van der Waals surface area contributed by atoms with E-state index in [2.05, 4.69) is 0 Å². The Morgan fingerprint density at radius 3 is 2.50 bits per heavy atom. The maximum Gasteiger partial charge on any atom is 0.270 e. The summed E-state index contributed by atoms with van der Waals surface area (Å²) in [6, 6.07) is 6.57. The molecule has 0 saturated heterocycles. The first-order valence-corrected chi connectivity index (χ1v) is 6.19. The molecule has 2 rings (SSSR count). The van der Waals surface area contributed by atoms with Gasteiger partial charge in [0.25, 0.3) is 5.69 Å². The minimum Gasteiger partial charge on any atom is -0.298 e. The van der Waals surface area contributed by atoms with E-state index in [1.54, 1.807) is 0 Å². The average Bonchev–Trinajstić information content (AvgIpc) is 2.43. The Balaban J connectivity index is 2.40. The molecule has 0 amide bonds. The van der Waals surface area contributed by atoms with Gasteiger partial charge in [-0.2, -0.15) is 0 Å². The molecule has 4 nitrogen and oxygen atoms in total. The van der Waals surface area contributed by atoms with Crippen molar-refractivity contribution in [1.82, 2.24) is 0 Å². The first kappa shape index (κ1) is 14.1. The number of aldehydes is 1. The van der Waals surface area contributed by atoms with Crippen molar-refractivity contribution in [1.29, 1.82) is 0 Å². The Labute approximate surface area is 116 Å². The summed E-state index contributed by atoms with van der Waals surface area (Å²) in [5, 5.41) is 10.6.